The summed E-state index contributed by atoms with van der Waals surface area (Å²) in [5.74, 6) is 2.02. The summed E-state index contributed by atoms with van der Waals surface area (Å²) >= 11 is 0. The van der Waals surface area contributed by atoms with Gasteiger partial charge < -0.3 is 4.74 Å². The first kappa shape index (κ1) is 8.97. The second-order valence-corrected chi connectivity index (χ2v) is 2.79. The van der Waals surface area contributed by atoms with E-state index < -0.39 is 0 Å². The van der Waals surface area contributed by atoms with E-state index in [1.807, 2.05) is 0 Å². The fourth-order valence-electron chi connectivity index (χ4n) is 0.869. The van der Waals surface area contributed by atoms with Gasteiger partial charge in [-0.05, 0) is 6.42 Å². The average Bonchev–Trinajstić information content (AvgIpc) is 2.17. The Morgan fingerprint density at radius 2 is 2.00 bits per heavy atom. The van der Waals surface area contributed by atoms with Gasteiger partial charge in [0.2, 0.25) is 0 Å². The Hall–Kier alpha value is -1.12. The minimum atomic E-state index is 0.427. The quantitative estimate of drug-likeness (QED) is 0.688. The van der Waals surface area contributed by atoms with Crippen molar-refractivity contribution in [3.63, 3.8) is 0 Å². The highest BCUT2D eigenvalue weighted by Gasteiger charge is 2.05. The third-order valence-electron chi connectivity index (χ3n) is 1.94. The smallest absolute Gasteiger partial charge is 0.155 e. The maximum absolute atomic E-state index is 4.96. The molecule has 0 bridgehead atoms. The Morgan fingerprint density at radius 1 is 1.42 bits per heavy atom. The van der Waals surface area contributed by atoms with Crippen molar-refractivity contribution in [1.29, 1.82) is 0 Å². The summed E-state index contributed by atoms with van der Waals surface area (Å²) in [7, 11) is 1.61. The van der Waals surface area contributed by atoms with E-state index in [0.717, 1.165) is 12.2 Å². The summed E-state index contributed by atoms with van der Waals surface area (Å²) in [5, 5.41) is 0. The fraction of sp³-hybridized carbons (Fsp3) is 0.556. The molecular formula is C9H14N2O. The van der Waals surface area contributed by atoms with E-state index in [0.29, 0.717) is 11.7 Å². The summed E-state index contributed by atoms with van der Waals surface area (Å²) in [6, 6.07) is 0. The van der Waals surface area contributed by atoms with Crippen molar-refractivity contribution in [3.05, 3.63) is 18.2 Å². The fourth-order valence-corrected chi connectivity index (χ4v) is 0.869. The Morgan fingerprint density at radius 3 is 2.42 bits per heavy atom. The molecular weight excluding hydrogens is 152 g/mol. The van der Waals surface area contributed by atoms with E-state index in [-0.39, 0.29) is 0 Å². The van der Waals surface area contributed by atoms with Crippen LogP contribution in [0, 0.1) is 0 Å². The number of rotatable bonds is 3. The number of nitrogens with zero attached hydrogens (tertiary/aromatic N) is 2. The van der Waals surface area contributed by atoms with Gasteiger partial charge in [-0.3, -0.25) is 0 Å². The van der Waals surface area contributed by atoms with E-state index in [1.54, 1.807) is 19.5 Å². The van der Waals surface area contributed by atoms with Crippen molar-refractivity contribution in [2.45, 2.75) is 26.2 Å². The molecule has 0 aromatic carbocycles. The van der Waals surface area contributed by atoms with Gasteiger partial charge in [0.1, 0.15) is 5.82 Å². The first-order valence-corrected chi connectivity index (χ1v) is 4.13. The van der Waals surface area contributed by atoms with Gasteiger partial charge in [0.25, 0.3) is 0 Å². The minimum Gasteiger partial charge on any atom is -0.494 e. The van der Waals surface area contributed by atoms with Crippen LogP contribution in [0.2, 0.25) is 0 Å². The first-order chi connectivity index (χ1) is 5.77. The molecule has 0 saturated carbocycles. The van der Waals surface area contributed by atoms with Crippen LogP contribution >= 0.6 is 0 Å². The Kier molecular flexibility index (Phi) is 3.02. The lowest BCUT2D eigenvalue weighted by Gasteiger charge is -2.06. The molecule has 1 aromatic rings. The zero-order valence-corrected chi connectivity index (χ0v) is 7.74. The zero-order chi connectivity index (χ0) is 8.97. The van der Waals surface area contributed by atoms with E-state index in [9.17, 15) is 0 Å². The van der Waals surface area contributed by atoms with Crippen LogP contribution in [0.15, 0.2) is 12.4 Å². The summed E-state index contributed by atoms with van der Waals surface area (Å²) in [4.78, 5) is 8.37. The van der Waals surface area contributed by atoms with Gasteiger partial charge in [-0.1, -0.05) is 13.8 Å². The maximum atomic E-state index is 4.96. The molecule has 0 aliphatic carbocycles. The van der Waals surface area contributed by atoms with E-state index >= 15 is 0 Å². The molecule has 1 rings (SSSR count). The van der Waals surface area contributed by atoms with Crippen molar-refractivity contribution < 1.29 is 4.74 Å². The predicted molar refractivity (Wildman–Crippen MR) is 47.3 cm³/mol. The van der Waals surface area contributed by atoms with Gasteiger partial charge >= 0.3 is 0 Å². The lowest BCUT2D eigenvalue weighted by molar-refractivity contribution is 0.409. The largest absolute Gasteiger partial charge is 0.494 e. The van der Waals surface area contributed by atoms with E-state index in [4.69, 9.17) is 4.74 Å². The van der Waals surface area contributed by atoms with E-state index in [1.165, 1.54) is 0 Å². The monoisotopic (exact) mass is 166 g/mol. The SMILES string of the molecule is CCC(C)c1ncc(OC)cn1. The van der Waals surface area contributed by atoms with Gasteiger partial charge in [-0.15, -0.1) is 0 Å². The molecule has 0 fully saturated rings. The Labute approximate surface area is 72.8 Å². The molecule has 0 radical (unpaired) electrons. The van der Waals surface area contributed by atoms with Crippen LogP contribution in [-0.4, -0.2) is 17.1 Å². The topological polar surface area (TPSA) is 35.0 Å². The summed E-state index contributed by atoms with van der Waals surface area (Å²) < 4.78 is 4.96. The molecule has 0 aliphatic rings. The molecule has 3 nitrogen and oxygen atoms in total. The number of aromatic nitrogens is 2. The van der Waals surface area contributed by atoms with Gasteiger partial charge in [0, 0.05) is 5.92 Å². The molecule has 3 heteroatoms. The van der Waals surface area contributed by atoms with Crippen LogP contribution in [0.3, 0.4) is 0 Å². The standard InChI is InChI=1S/C9H14N2O/c1-4-7(2)9-10-5-8(12-3)6-11-9/h5-7H,4H2,1-3H3. The highest BCUT2D eigenvalue weighted by Crippen LogP contribution is 2.14. The number of ether oxygens (including phenoxy) is 1. The lowest BCUT2D eigenvalue weighted by Crippen LogP contribution is -1.99. The highest BCUT2D eigenvalue weighted by atomic mass is 16.5. The molecule has 12 heavy (non-hydrogen) atoms. The van der Waals surface area contributed by atoms with Crippen LogP contribution in [0.5, 0.6) is 5.75 Å². The van der Waals surface area contributed by atoms with Gasteiger partial charge in [-0.25, -0.2) is 9.97 Å². The van der Waals surface area contributed by atoms with Crippen molar-refractivity contribution in [1.82, 2.24) is 9.97 Å². The van der Waals surface area contributed by atoms with Crippen LogP contribution in [0.4, 0.5) is 0 Å². The summed E-state index contributed by atoms with van der Waals surface area (Å²) in [6.07, 6.45) is 4.47. The normalized spacial score (nSPS) is 12.6. The van der Waals surface area contributed by atoms with Crippen LogP contribution in [0.1, 0.15) is 32.0 Å². The summed E-state index contributed by atoms with van der Waals surface area (Å²) in [5.41, 5.74) is 0. The molecule has 0 aliphatic heterocycles. The second-order valence-electron chi connectivity index (χ2n) is 2.79. The molecule has 0 amide bonds. The van der Waals surface area contributed by atoms with Crippen molar-refractivity contribution >= 4 is 0 Å². The third-order valence-corrected chi connectivity index (χ3v) is 1.94. The van der Waals surface area contributed by atoms with E-state index in [2.05, 4.69) is 23.8 Å². The lowest BCUT2D eigenvalue weighted by atomic mass is 10.1. The van der Waals surface area contributed by atoms with Crippen molar-refractivity contribution in [3.8, 4) is 5.75 Å². The second kappa shape index (κ2) is 4.04. The molecule has 0 spiro atoms. The van der Waals surface area contributed by atoms with Crippen molar-refractivity contribution in [2.75, 3.05) is 7.11 Å². The Balaban J connectivity index is 2.77. The highest BCUT2D eigenvalue weighted by molar-refractivity contribution is 5.12. The molecule has 1 atom stereocenters. The minimum absolute atomic E-state index is 0.427. The average molecular weight is 166 g/mol. The molecule has 1 aromatic heterocycles. The predicted octanol–water partition coefficient (Wildman–Crippen LogP) is 2.00. The van der Waals surface area contributed by atoms with Gasteiger partial charge in [0.05, 0.1) is 19.5 Å². The molecule has 1 unspecified atom stereocenters. The molecule has 66 valence electrons. The van der Waals surface area contributed by atoms with Crippen LogP contribution < -0.4 is 4.74 Å². The number of methoxy groups -OCH3 is 1. The first-order valence-electron chi connectivity index (χ1n) is 4.13. The Bertz CT molecular complexity index is 233. The summed E-state index contributed by atoms with van der Waals surface area (Å²) in [6.45, 7) is 4.24. The number of hydrogen-bond acceptors (Lipinski definition) is 3. The van der Waals surface area contributed by atoms with Gasteiger partial charge in [-0.2, -0.15) is 0 Å². The molecule has 1 heterocycles. The number of hydrogen-bond donors (Lipinski definition) is 0. The molecule has 0 N–H and O–H groups in total. The van der Waals surface area contributed by atoms with Crippen molar-refractivity contribution in [2.24, 2.45) is 0 Å². The third kappa shape index (κ3) is 1.94. The zero-order valence-electron chi connectivity index (χ0n) is 7.74. The van der Waals surface area contributed by atoms with Crippen LogP contribution in [0.25, 0.3) is 0 Å². The van der Waals surface area contributed by atoms with Gasteiger partial charge in [0.15, 0.2) is 5.75 Å². The molecule has 0 saturated heterocycles. The maximum Gasteiger partial charge on any atom is 0.155 e. The van der Waals surface area contributed by atoms with Crippen LogP contribution in [-0.2, 0) is 0 Å².